The van der Waals surface area contributed by atoms with Crippen LogP contribution in [-0.4, -0.2) is 0 Å². The Labute approximate surface area is 109 Å². The van der Waals surface area contributed by atoms with Gasteiger partial charge in [0.2, 0.25) is 0 Å². The van der Waals surface area contributed by atoms with Crippen LogP contribution < -0.4 is 5.73 Å². The predicted octanol–water partition coefficient (Wildman–Crippen LogP) is 4.73. The summed E-state index contributed by atoms with van der Waals surface area (Å²) in [5, 5.41) is 0. The molecule has 0 bridgehead atoms. The standard InChI is InChI=1S/C15H25NS/c1-11-10-12(2)17-15(11)14(16)9-8-13-6-4-3-5-7-13/h10,13-14H,3-9,16H2,1-2H3. The molecule has 1 saturated carbocycles. The Hall–Kier alpha value is -0.340. The molecule has 1 heterocycles. The lowest BCUT2D eigenvalue weighted by atomic mass is 9.85. The first-order chi connectivity index (χ1) is 8.16. The molecule has 1 unspecified atom stereocenters. The zero-order chi connectivity index (χ0) is 12.3. The van der Waals surface area contributed by atoms with Gasteiger partial charge in [0.25, 0.3) is 0 Å². The molecule has 1 atom stereocenters. The molecule has 1 aromatic rings. The summed E-state index contributed by atoms with van der Waals surface area (Å²) >= 11 is 1.88. The molecule has 0 spiro atoms. The molecule has 1 aliphatic carbocycles. The number of hydrogen-bond donors (Lipinski definition) is 1. The van der Waals surface area contributed by atoms with E-state index in [-0.39, 0.29) is 6.04 Å². The monoisotopic (exact) mass is 251 g/mol. The topological polar surface area (TPSA) is 26.0 Å². The lowest BCUT2D eigenvalue weighted by molar-refractivity contribution is 0.324. The number of hydrogen-bond acceptors (Lipinski definition) is 2. The summed E-state index contributed by atoms with van der Waals surface area (Å²) < 4.78 is 0. The average Bonchev–Trinajstić information content (AvgIpc) is 2.67. The molecular weight excluding hydrogens is 226 g/mol. The molecule has 1 aromatic heterocycles. The van der Waals surface area contributed by atoms with E-state index in [4.69, 9.17) is 5.73 Å². The third-order valence-electron chi connectivity index (χ3n) is 4.03. The molecule has 0 saturated heterocycles. The van der Waals surface area contributed by atoms with E-state index in [0.29, 0.717) is 0 Å². The van der Waals surface area contributed by atoms with Crippen LogP contribution in [0.3, 0.4) is 0 Å². The van der Waals surface area contributed by atoms with Crippen LogP contribution in [0.2, 0.25) is 0 Å². The van der Waals surface area contributed by atoms with Crippen molar-refractivity contribution in [1.82, 2.24) is 0 Å². The minimum absolute atomic E-state index is 0.274. The van der Waals surface area contributed by atoms with Gasteiger partial charge in [-0.15, -0.1) is 11.3 Å². The van der Waals surface area contributed by atoms with Crippen molar-refractivity contribution in [3.8, 4) is 0 Å². The Balaban J connectivity index is 1.84. The van der Waals surface area contributed by atoms with Crippen LogP contribution in [0, 0.1) is 19.8 Å². The van der Waals surface area contributed by atoms with E-state index in [1.54, 1.807) is 0 Å². The fourth-order valence-corrected chi connectivity index (χ4v) is 4.12. The van der Waals surface area contributed by atoms with Gasteiger partial charge in [0.1, 0.15) is 0 Å². The van der Waals surface area contributed by atoms with Crippen molar-refractivity contribution >= 4 is 11.3 Å². The Morgan fingerprint density at radius 2 is 2.00 bits per heavy atom. The maximum Gasteiger partial charge on any atom is 0.0392 e. The second-order valence-corrected chi connectivity index (χ2v) is 6.88. The van der Waals surface area contributed by atoms with Gasteiger partial charge in [-0.25, -0.2) is 0 Å². The molecular formula is C15H25NS. The summed E-state index contributed by atoms with van der Waals surface area (Å²) in [6, 6.07) is 2.54. The van der Waals surface area contributed by atoms with Crippen LogP contribution in [0.4, 0.5) is 0 Å². The van der Waals surface area contributed by atoms with E-state index in [1.807, 2.05) is 11.3 Å². The van der Waals surface area contributed by atoms with E-state index in [2.05, 4.69) is 19.9 Å². The first-order valence-electron chi connectivity index (χ1n) is 6.99. The van der Waals surface area contributed by atoms with Crippen molar-refractivity contribution in [2.75, 3.05) is 0 Å². The highest BCUT2D eigenvalue weighted by molar-refractivity contribution is 7.12. The Morgan fingerprint density at radius 3 is 2.59 bits per heavy atom. The van der Waals surface area contributed by atoms with E-state index < -0.39 is 0 Å². The molecule has 17 heavy (non-hydrogen) atoms. The maximum absolute atomic E-state index is 6.34. The summed E-state index contributed by atoms with van der Waals surface area (Å²) in [6.07, 6.45) is 9.72. The van der Waals surface area contributed by atoms with E-state index in [1.165, 1.54) is 60.3 Å². The molecule has 2 N–H and O–H groups in total. The molecule has 0 aromatic carbocycles. The van der Waals surface area contributed by atoms with Crippen LogP contribution in [0.5, 0.6) is 0 Å². The van der Waals surface area contributed by atoms with Crippen molar-refractivity contribution in [2.45, 2.75) is 64.8 Å². The van der Waals surface area contributed by atoms with Crippen LogP contribution in [0.1, 0.15) is 66.3 Å². The Bertz CT molecular complexity index is 350. The smallest absolute Gasteiger partial charge is 0.0392 e. The third kappa shape index (κ3) is 3.56. The lowest BCUT2D eigenvalue weighted by Crippen LogP contribution is -2.13. The van der Waals surface area contributed by atoms with E-state index >= 15 is 0 Å². The molecule has 1 nitrogen and oxygen atoms in total. The minimum Gasteiger partial charge on any atom is -0.323 e. The normalized spacial score (nSPS) is 19.5. The average molecular weight is 251 g/mol. The van der Waals surface area contributed by atoms with Gasteiger partial charge in [-0.1, -0.05) is 32.1 Å². The van der Waals surface area contributed by atoms with Crippen molar-refractivity contribution in [1.29, 1.82) is 0 Å². The Morgan fingerprint density at radius 1 is 1.29 bits per heavy atom. The SMILES string of the molecule is Cc1cc(C)c(C(N)CCC2CCCCC2)s1. The van der Waals surface area contributed by atoms with Gasteiger partial charge in [-0.3, -0.25) is 0 Å². The van der Waals surface area contributed by atoms with E-state index in [9.17, 15) is 0 Å². The van der Waals surface area contributed by atoms with Crippen molar-refractivity contribution in [3.05, 3.63) is 21.4 Å². The van der Waals surface area contributed by atoms with E-state index in [0.717, 1.165) is 5.92 Å². The van der Waals surface area contributed by atoms with Gasteiger partial charge in [-0.2, -0.15) is 0 Å². The van der Waals surface area contributed by atoms with Crippen molar-refractivity contribution in [2.24, 2.45) is 11.7 Å². The lowest BCUT2D eigenvalue weighted by Gasteiger charge is -2.22. The number of aryl methyl sites for hydroxylation is 2. The number of rotatable bonds is 4. The molecule has 96 valence electrons. The summed E-state index contributed by atoms with van der Waals surface area (Å²) in [4.78, 5) is 2.81. The van der Waals surface area contributed by atoms with Crippen molar-refractivity contribution < 1.29 is 0 Å². The highest BCUT2D eigenvalue weighted by atomic mass is 32.1. The van der Waals surface area contributed by atoms with Gasteiger partial charge in [0, 0.05) is 15.8 Å². The molecule has 1 aliphatic rings. The highest BCUT2D eigenvalue weighted by Crippen LogP contribution is 2.32. The van der Waals surface area contributed by atoms with Crippen LogP contribution in [0.25, 0.3) is 0 Å². The van der Waals surface area contributed by atoms with Gasteiger partial charge >= 0.3 is 0 Å². The minimum atomic E-state index is 0.274. The quantitative estimate of drug-likeness (QED) is 0.823. The summed E-state index contributed by atoms with van der Waals surface area (Å²) in [7, 11) is 0. The summed E-state index contributed by atoms with van der Waals surface area (Å²) in [6.45, 7) is 4.37. The second kappa shape index (κ2) is 6.01. The van der Waals surface area contributed by atoms with Gasteiger partial charge in [0.15, 0.2) is 0 Å². The van der Waals surface area contributed by atoms with Crippen molar-refractivity contribution in [3.63, 3.8) is 0 Å². The fraction of sp³-hybridized carbons (Fsp3) is 0.733. The van der Waals surface area contributed by atoms with Crippen LogP contribution in [-0.2, 0) is 0 Å². The summed E-state index contributed by atoms with van der Waals surface area (Å²) in [5.74, 6) is 0.955. The predicted molar refractivity (Wildman–Crippen MR) is 76.5 cm³/mol. The number of nitrogens with two attached hydrogens (primary N) is 1. The first kappa shape index (κ1) is 13.1. The zero-order valence-electron chi connectivity index (χ0n) is 11.2. The maximum atomic E-state index is 6.34. The summed E-state index contributed by atoms with van der Waals surface area (Å²) in [5.41, 5.74) is 7.73. The van der Waals surface area contributed by atoms with Gasteiger partial charge in [0.05, 0.1) is 0 Å². The van der Waals surface area contributed by atoms with Gasteiger partial charge < -0.3 is 5.73 Å². The highest BCUT2D eigenvalue weighted by Gasteiger charge is 2.17. The largest absolute Gasteiger partial charge is 0.323 e. The van der Waals surface area contributed by atoms with Gasteiger partial charge in [-0.05, 0) is 44.2 Å². The zero-order valence-corrected chi connectivity index (χ0v) is 12.0. The number of thiophene rings is 1. The van der Waals surface area contributed by atoms with Crippen LogP contribution in [0.15, 0.2) is 6.07 Å². The molecule has 0 amide bonds. The molecule has 2 rings (SSSR count). The molecule has 2 heteroatoms. The van der Waals surface area contributed by atoms with Crippen LogP contribution >= 0.6 is 11.3 Å². The fourth-order valence-electron chi connectivity index (χ4n) is 3.05. The molecule has 1 fully saturated rings. The Kier molecular flexibility index (Phi) is 4.63. The second-order valence-electron chi connectivity index (χ2n) is 5.59. The third-order valence-corrected chi connectivity index (χ3v) is 5.31. The first-order valence-corrected chi connectivity index (χ1v) is 7.81. The molecule has 0 radical (unpaired) electrons. The molecule has 0 aliphatic heterocycles.